The van der Waals surface area contributed by atoms with Crippen LogP contribution in [0.2, 0.25) is 0 Å². The third-order valence-corrected chi connectivity index (χ3v) is 3.30. The fourth-order valence-electron chi connectivity index (χ4n) is 2.11. The number of aliphatic imine (C=N–C) groups is 1. The first-order chi connectivity index (χ1) is 12.9. The Hall–Kier alpha value is -2.62. The van der Waals surface area contributed by atoms with Gasteiger partial charge in [-0.3, -0.25) is 0 Å². The molecule has 0 bridgehead atoms. The predicted molar refractivity (Wildman–Crippen MR) is 92.8 cm³/mol. The van der Waals surface area contributed by atoms with Crippen LogP contribution in [-0.4, -0.2) is 35.4 Å². The summed E-state index contributed by atoms with van der Waals surface area (Å²) in [6.45, 7) is 3.79. The minimum Gasteiger partial charge on any atom is -0.367 e. The summed E-state index contributed by atoms with van der Waals surface area (Å²) in [6.07, 6.45) is -4.32. The summed E-state index contributed by atoms with van der Waals surface area (Å²) in [7, 11) is 0. The zero-order chi connectivity index (χ0) is 19.7. The molecule has 1 heterocycles. The number of alkyl halides is 3. The van der Waals surface area contributed by atoms with Gasteiger partial charge in [0, 0.05) is 6.54 Å². The van der Waals surface area contributed by atoms with E-state index in [-0.39, 0.29) is 6.61 Å². The fraction of sp³-hybridized carbons (Fsp3) is 0.471. The average molecular weight is 385 g/mol. The summed E-state index contributed by atoms with van der Waals surface area (Å²) in [5, 5.41) is 9.91. The number of rotatable bonds is 8. The largest absolute Gasteiger partial charge is 0.411 e. The maximum Gasteiger partial charge on any atom is 0.411 e. The minimum atomic E-state index is -4.32. The molecular formula is C17H22F3N5O2. The number of hydrogen-bond acceptors (Lipinski definition) is 5. The number of nitrogens with zero attached hydrogens (tertiary/aromatic N) is 3. The number of aromatic nitrogens is 2. The molecule has 0 saturated carbocycles. The van der Waals surface area contributed by atoms with E-state index in [2.05, 4.69) is 30.5 Å². The van der Waals surface area contributed by atoms with Gasteiger partial charge < -0.3 is 19.9 Å². The van der Waals surface area contributed by atoms with Crippen LogP contribution in [0.4, 0.5) is 13.2 Å². The Balaban J connectivity index is 1.85. The topological polar surface area (TPSA) is 84.6 Å². The van der Waals surface area contributed by atoms with E-state index < -0.39 is 12.8 Å². The van der Waals surface area contributed by atoms with E-state index in [9.17, 15) is 13.2 Å². The van der Waals surface area contributed by atoms with Gasteiger partial charge in [0.05, 0.1) is 19.7 Å². The van der Waals surface area contributed by atoms with Crippen molar-refractivity contribution in [3.05, 3.63) is 47.1 Å². The zero-order valence-electron chi connectivity index (χ0n) is 15.1. The molecule has 2 aromatic rings. The van der Waals surface area contributed by atoms with Crippen LogP contribution in [-0.2, 0) is 24.4 Å². The van der Waals surface area contributed by atoms with Crippen molar-refractivity contribution in [1.82, 2.24) is 20.8 Å². The lowest BCUT2D eigenvalue weighted by Crippen LogP contribution is -2.36. The molecule has 2 N–H and O–H groups in total. The van der Waals surface area contributed by atoms with Crippen LogP contribution >= 0.6 is 0 Å². The predicted octanol–water partition coefficient (Wildman–Crippen LogP) is 2.71. The molecule has 27 heavy (non-hydrogen) atoms. The van der Waals surface area contributed by atoms with Gasteiger partial charge in [-0.2, -0.15) is 18.2 Å². The molecule has 0 amide bonds. The summed E-state index contributed by atoms with van der Waals surface area (Å²) in [5.74, 6) is 1.61. The van der Waals surface area contributed by atoms with Gasteiger partial charge in [0.25, 0.3) is 0 Å². The van der Waals surface area contributed by atoms with Crippen molar-refractivity contribution in [1.29, 1.82) is 0 Å². The van der Waals surface area contributed by atoms with E-state index in [0.29, 0.717) is 42.9 Å². The Morgan fingerprint density at radius 3 is 2.48 bits per heavy atom. The minimum absolute atomic E-state index is 0.0865. The van der Waals surface area contributed by atoms with Crippen molar-refractivity contribution in [2.45, 2.75) is 39.7 Å². The lowest BCUT2D eigenvalue weighted by molar-refractivity contribution is -0.176. The Kier molecular flexibility index (Phi) is 7.59. The molecule has 0 aliphatic heterocycles. The molecule has 0 atom stereocenters. The van der Waals surface area contributed by atoms with E-state index in [1.807, 2.05) is 6.92 Å². The van der Waals surface area contributed by atoms with Crippen molar-refractivity contribution < 1.29 is 22.4 Å². The molecule has 1 aromatic carbocycles. The summed E-state index contributed by atoms with van der Waals surface area (Å²) < 4.78 is 45.9. The highest BCUT2D eigenvalue weighted by Crippen LogP contribution is 2.16. The van der Waals surface area contributed by atoms with Crippen LogP contribution in [0, 0.1) is 6.92 Å². The molecule has 0 aliphatic carbocycles. The van der Waals surface area contributed by atoms with Crippen molar-refractivity contribution in [3.63, 3.8) is 0 Å². The SMILES string of the molecule is CCNC(=NCc1ccc(COCC(F)(F)F)cc1)NCc1nc(C)no1. The molecule has 0 spiro atoms. The van der Waals surface area contributed by atoms with E-state index in [1.54, 1.807) is 31.2 Å². The summed E-state index contributed by atoms with van der Waals surface area (Å²) in [4.78, 5) is 8.56. The normalized spacial score (nSPS) is 12.3. The van der Waals surface area contributed by atoms with Crippen molar-refractivity contribution >= 4 is 5.96 Å². The number of benzene rings is 1. The molecule has 0 unspecified atom stereocenters. The maximum atomic E-state index is 12.1. The molecule has 0 aliphatic rings. The second-order valence-corrected chi connectivity index (χ2v) is 5.71. The molecule has 1 aromatic heterocycles. The molecule has 148 valence electrons. The van der Waals surface area contributed by atoms with Gasteiger partial charge in [-0.15, -0.1) is 0 Å². The molecule has 10 heteroatoms. The Morgan fingerprint density at radius 1 is 1.19 bits per heavy atom. The van der Waals surface area contributed by atoms with Crippen LogP contribution in [0.3, 0.4) is 0 Å². The number of guanidine groups is 1. The van der Waals surface area contributed by atoms with E-state index in [1.165, 1.54) is 0 Å². The first kappa shape index (κ1) is 20.7. The molecule has 0 saturated heterocycles. The van der Waals surface area contributed by atoms with E-state index in [4.69, 9.17) is 4.52 Å². The smallest absolute Gasteiger partial charge is 0.367 e. The van der Waals surface area contributed by atoms with Crippen molar-refractivity contribution in [2.24, 2.45) is 4.99 Å². The quantitative estimate of drug-likeness (QED) is 0.537. The summed E-state index contributed by atoms with van der Waals surface area (Å²) in [6, 6.07) is 7.06. The third-order valence-electron chi connectivity index (χ3n) is 3.30. The maximum absolute atomic E-state index is 12.1. The highest BCUT2D eigenvalue weighted by Gasteiger charge is 2.27. The summed E-state index contributed by atoms with van der Waals surface area (Å²) >= 11 is 0. The number of ether oxygens (including phenoxy) is 1. The molecule has 7 nitrogen and oxygen atoms in total. The van der Waals surface area contributed by atoms with Gasteiger partial charge >= 0.3 is 6.18 Å². The number of nitrogens with one attached hydrogen (secondary N) is 2. The van der Waals surface area contributed by atoms with Crippen LogP contribution < -0.4 is 10.6 Å². The highest BCUT2D eigenvalue weighted by atomic mass is 19.4. The van der Waals surface area contributed by atoms with Gasteiger partial charge in [-0.25, -0.2) is 4.99 Å². The van der Waals surface area contributed by atoms with Gasteiger partial charge in [-0.05, 0) is 25.0 Å². The standard InChI is InChI=1S/C17H22F3N5O2/c1-3-21-16(23-9-15-24-12(2)25-27-15)22-8-13-4-6-14(7-5-13)10-26-11-17(18,19)20/h4-7H,3,8-11H2,1-2H3,(H2,21,22,23). The Labute approximate surface area is 155 Å². The molecule has 0 fully saturated rings. The molecule has 0 radical (unpaired) electrons. The Morgan fingerprint density at radius 2 is 1.89 bits per heavy atom. The second kappa shape index (κ2) is 9.91. The van der Waals surface area contributed by atoms with Crippen molar-refractivity contribution in [3.8, 4) is 0 Å². The van der Waals surface area contributed by atoms with Crippen LogP contribution in [0.5, 0.6) is 0 Å². The lowest BCUT2D eigenvalue weighted by Gasteiger charge is -2.10. The lowest BCUT2D eigenvalue weighted by atomic mass is 10.1. The van der Waals surface area contributed by atoms with Crippen LogP contribution in [0.1, 0.15) is 29.8 Å². The van der Waals surface area contributed by atoms with Gasteiger partial charge in [-0.1, -0.05) is 29.4 Å². The monoisotopic (exact) mass is 385 g/mol. The van der Waals surface area contributed by atoms with E-state index >= 15 is 0 Å². The zero-order valence-corrected chi connectivity index (χ0v) is 15.1. The fourth-order valence-corrected chi connectivity index (χ4v) is 2.11. The van der Waals surface area contributed by atoms with Crippen LogP contribution in [0.25, 0.3) is 0 Å². The number of aryl methyl sites for hydroxylation is 1. The number of hydrogen-bond donors (Lipinski definition) is 2. The molecular weight excluding hydrogens is 363 g/mol. The van der Waals surface area contributed by atoms with Gasteiger partial charge in [0.2, 0.25) is 5.89 Å². The van der Waals surface area contributed by atoms with Gasteiger partial charge in [0.1, 0.15) is 6.61 Å². The second-order valence-electron chi connectivity index (χ2n) is 5.71. The van der Waals surface area contributed by atoms with Gasteiger partial charge in [0.15, 0.2) is 11.8 Å². The van der Waals surface area contributed by atoms with E-state index in [0.717, 1.165) is 5.56 Å². The first-order valence-electron chi connectivity index (χ1n) is 8.39. The Bertz CT molecular complexity index is 729. The summed E-state index contributed by atoms with van der Waals surface area (Å²) in [5.41, 5.74) is 1.59. The van der Waals surface area contributed by atoms with Crippen molar-refractivity contribution in [2.75, 3.05) is 13.2 Å². The average Bonchev–Trinajstić information content (AvgIpc) is 3.03. The highest BCUT2D eigenvalue weighted by molar-refractivity contribution is 5.79. The first-order valence-corrected chi connectivity index (χ1v) is 8.39. The molecule has 2 rings (SSSR count). The van der Waals surface area contributed by atoms with Crippen LogP contribution in [0.15, 0.2) is 33.8 Å². The number of halogens is 3. The third kappa shape index (κ3) is 8.07.